The van der Waals surface area contributed by atoms with Crippen molar-refractivity contribution in [1.29, 1.82) is 0 Å². The monoisotopic (exact) mass is 265 g/mol. The van der Waals surface area contributed by atoms with Gasteiger partial charge >= 0.3 is 5.97 Å². The highest BCUT2D eigenvalue weighted by molar-refractivity contribution is 5.68. The Bertz CT molecular complexity index is 434. The van der Waals surface area contributed by atoms with Crippen LogP contribution >= 0.6 is 0 Å². The molecule has 2 rings (SSSR count). The minimum Gasteiger partial charge on any atom is -0.481 e. The van der Waals surface area contributed by atoms with Gasteiger partial charge < -0.3 is 5.11 Å². The van der Waals surface area contributed by atoms with Gasteiger partial charge in [0.2, 0.25) is 0 Å². The Morgan fingerprint density at radius 1 is 1.37 bits per heavy atom. The van der Waals surface area contributed by atoms with Crippen molar-refractivity contribution in [1.82, 2.24) is 14.7 Å². The first-order valence-corrected chi connectivity index (χ1v) is 7.04. The number of carbonyl (C=O) groups is 1. The molecule has 0 radical (unpaired) electrons. The quantitative estimate of drug-likeness (QED) is 0.906. The molecule has 0 amide bonds. The van der Waals surface area contributed by atoms with Gasteiger partial charge in [0.1, 0.15) is 0 Å². The van der Waals surface area contributed by atoms with Crippen LogP contribution in [-0.4, -0.2) is 38.8 Å². The zero-order chi connectivity index (χ0) is 13.8. The Kier molecular flexibility index (Phi) is 4.58. The van der Waals surface area contributed by atoms with Gasteiger partial charge in [0, 0.05) is 24.3 Å². The van der Waals surface area contributed by atoms with Crippen LogP contribution < -0.4 is 0 Å². The maximum Gasteiger partial charge on any atom is 0.305 e. The summed E-state index contributed by atoms with van der Waals surface area (Å²) in [4.78, 5) is 13.5. The molecule has 0 bridgehead atoms. The van der Waals surface area contributed by atoms with Crippen LogP contribution in [0.15, 0.2) is 6.20 Å². The van der Waals surface area contributed by atoms with Crippen molar-refractivity contribution < 1.29 is 9.90 Å². The Morgan fingerprint density at radius 2 is 2.00 bits per heavy atom. The van der Waals surface area contributed by atoms with E-state index in [2.05, 4.69) is 10.00 Å². The fourth-order valence-corrected chi connectivity index (χ4v) is 2.85. The first kappa shape index (κ1) is 14.1. The molecule has 5 heteroatoms. The molecule has 1 unspecified atom stereocenters. The number of nitrogens with zero attached hydrogens (tertiary/aromatic N) is 3. The molecule has 1 fully saturated rings. The van der Waals surface area contributed by atoms with Crippen molar-refractivity contribution in [3.05, 3.63) is 17.5 Å². The summed E-state index contributed by atoms with van der Waals surface area (Å²) < 4.78 is 1.82. The highest BCUT2D eigenvalue weighted by atomic mass is 16.4. The van der Waals surface area contributed by atoms with Crippen LogP contribution in [0.5, 0.6) is 0 Å². The lowest BCUT2D eigenvalue weighted by Gasteiger charge is -2.29. The van der Waals surface area contributed by atoms with E-state index < -0.39 is 5.97 Å². The largest absolute Gasteiger partial charge is 0.481 e. The number of carboxylic acids is 1. The maximum absolute atomic E-state index is 11.2. The lowest BCUT2D eigenvalue weighted by Crippen LogP contribution is -2.31. The summed E-state index contributed by atoms with van der Waals surface area (Å²) in [7, 11) is 1.90. The van der Waals surface area contributed by atoms with Crippen LogP contribution in [0.3, 0.4) is 0 Å². The zero-order valence-corrected chi connectivity index (χ0v) is 11.8. The van der Waals surface area contributed by atoms with Crippen LogP contribution in [0.4, 0.5) is 0 Å². The van der Waals surface area contributed by atoms with E-state index in [9.17, 15) is 9.90 Å². The molecular formula is C14H23N3O2. The summed E-state index contributed by atoms with van der Waals surface area (Å²) in [6.45, 7) is 3.99. The number of hydrogen-bond donors (Lipinski definition) is 1. The van der Waals surface area contributed by atoms with Gasteiger partial charge in [-0.05, 0) is 32.9 Å². The average molecular weight is 265 g/mol. The second-order valence-corrected chi connectivity index (χ2v) is 5.37. The van der Waals surface area contributed by atoms with E-state index in [1.807, 2.05) is 24.9 Å². The minimum atomic E-state index is -0.738. The number of rotatable bonds is 4. The highest BCUT2D eigenvalue weighted by Gasteiger charge is 2.26. The molecule has 2 heterocycles. The van der Waals surface area contributed by atoms with Crippen molar-refractivity contribution in [3.63, 3.8) is 0 Å². The smallest absolute Gasteiger partial charge is 0.305 e. The van der Waals surface area contributed by atoms with Crippen molar-refractivity contribution in [2.24, 2.45) is 7.05 Å². The van der Waals surface area contributed by atoms with Gasteiger partial charge in [-0.15, -0.1) is 0 Å². The first-order valence-electron chi connectivity index (χ1n) is 7.04. The molecular weight excluding hydrogens is 242 g/mol. The molecule has 1 aromatic rings. The number of aryl methyl sites for hydroxylation is 1. The Hall–Kier alpha value is -1.36. The second kappa shape index (κ2) is 6.19. The summed E-state index contributed by atoms with van der Waals surface area (Å²) in [6.07, 6.45) is 6.82. The van der Waals surface area contributed by atoms with Gasteiger partial charge in [0.25, 0.3) is 0 Å². The van der Waals surface area contributed by atoms with E-state index in [1.165, 1.54) is 12.8 Å². The van der Waals surface area contributed by atoms with Crippen molar-refractivity contribution in [2.75, 3.05) is 13.1 Å². The third-order valence-electron chi connectivity index (χ3n) is 4.08. The number of aromatic nitrogens is 2. The van der Waals surface area contributed by atoms with Gasteiger partial charge in [0.15, 0.2) is 0 Å². The van der Waals surface area contributed by atoms with E-state index in [0.717, 1.165) is 37.2 Å². The average Bonchev–Trinajstić information content (AvgIpc) is 2.60. The second-order valence-electron chi connectivity index (χ2n) is 5.37. The summed E-state index contributed by atoms with van der Waals surface area (Å²) in [5, 5.41) is 13.4. The third-order valence-corrected chi connectivity index (χ3v) is 4.08. The van der Waals surface area contributed by atoms with Gasteiger partial charge in [-0.3, -0.25) is 14.4 Å². The molecule has 0 spiro atoms. The molecule has 1 aliphatic rings. The van der Waals surface area contributed by atoms with Crippen molar-refractivity contribution >= 4 is 5.97 Å². The van der Waals surface area contributed by atoms with Crippen molar-refractivity contribution in [2.45, 2.75) is 45.1 Å². The van der Waals surface area contributed by atoms with Crippen molar-refractivity contribution in [3.8, 4) is 0 Å². The van der Waals surface area contributed by atoms with Crippen LogP contribution in [0.2, 0.25) is 0 Å². The summed E-state index contributed by atoms with van der Waals surface area (Å²) in [6, 6.07) is -0.0377. The lowest BCUT2D eigenvalue weighted by atomic mass is 10.0. The third kappa shape index (κ3) is 3.35. The van der Waals surface area contributed by atoms with Crippen LogP contribution in [0.25, 0.3) is 0 Å². The maximum atomic E-state index is 11.2. The van der Waals surface area contributed by atoms with Gasteiger partial charge in [-0.2, -0.15) is 5.10 Å². The number of carboxylic acid groups (broad SMARTS) is 1. The fourth-order valence-electron chi connectivity index (χ4n) is 2.85. The number of aliphatic carboxylic acids is 1. The van der Waals surface area contributed by atoms with Crippen LogP contribution in [-0.2, 0) is 11.8 Å². The molecule has 1 saturated heterocycles. The molecule has 0 aromatic carbocycles. The minimum absolute atomic E-state index is 0.0377. The molecule has 5 nitrogen and oxygen atoms in total. The molecule has 1 aromatic heterocycles. The molecule has 0 aliphatic carbocycles. The Morgan fingerprint density at radius 3 is 2.47 bits per heavy atom. The van der Waals surface area contributed by atoms with Gasteiger partial charge in [-0.1, -0.05) is 12.8 Å². The standard InChI is InChI=1S/C14H23N3O2/c1-11-12(10-15-16(11)2)13(9-14(18)19)17-7-5-3-4-6-8-17/h10,13H,3-9H2,1-2H3,(H,18,19). The van der Waals surface area contributed by atoms with Gasteiger partial charge in [0.05, 0.1) is 12.6 Å². The SMILES string of the molecule is Cc1c(C(CC(=O)O)N2CCCCCC2)cnn1C. The summed E-state index contributed by atoms with van der Waals surface area (Å²) in [5.41, 5.74) is 2.13. The molecule has 19 heavy (non-hydrogen) atoms. The van der Waals surface area contributed by atoms with E-state index in [4.69, 9.17) is 0 Å². The Balaban J connectivity index is 2.24. The molecule has 0 saturated carbocycles. The molecule has 1 N–H and O–H groups in total. The van der Waals surface area contributed by atoms with Gasteiger partial charge in [-0.25, -0.2) is 0 Å². The lowest BCUT2D eigenvalue weighted by molar-refractivity contribution is -0.138. The Labute approximate surface area is 114 Å². The number of likely N-dealkylation sites (tertiary alicyclic amines) is 1. The summed E-state index contributed by atoms with van der Waals surface area (Å²) in [5.74, 6) is -0.738. The highest BCUT2D eigenvalue weighted by Crippen LogP contribution is 2.29. The molecule has 106 valence electrons. The predicted octanol–water partition coefficient (Wildman–Crippen LogP) is 2.12. The topological polar surface area (TPSA) is 58.4 Å². The van der Waals surface area contributed by atoms with E-state index >= 15 is 0 Å². The zero-order valence-electron chi connectivity index (χ0n) is 11.8. The van der Waals surface area contributed by atoms with Crippen LogP contribution in [0, 0.1) is 6.92 Å². The van der Waals surface area contributed by atoms with E-state index in [0.29, 0.717) is 0 Å². The van der Waals surface area contributed by atoms with E-state index in [-0.39, 0.29) is 12.5 Å². The first-order chi connectivity index (χ1) is 9.09. The predicted molar refractivity (Wildman–Crippen MR) is 73.0 cm³/mol. The normalized spacial score (nSPS) is 19.1. The number of hydrogen-bond acceptors (Lipinski definition) is 3. The van der Waals surface area contributed by atoms with Crippen LogP contribution in [0.1, 0.15) is 49.4 Å². The fraction of sp³-hybridized carbons (Fsp3) is 0.714. The van der Waals surface area contributed by atoms with E-state index in [1.54, 1.807) is 0 Å². The summed E-state index contributed by atoms with van der Waals surface area (Å²) >= 11 is 0. The molecule has 1 atom stereocenters. The molecule has 1 aliphatic heterocycles.